The molecule has 1 aromatic heterocycles. The van der Waals surface area contributed by atoms with Gasteiger partial charge in [-0.2, -0.15) is 0 Å². The molecule has 1 N–H and O–H groups in total. The molecule has 0 amide bonds. The van der Waals surface area contributed by atoms with Gasteiger partial charge in [0, 0.05) is 31.5 Å². The fourth-order valence-corrected chi connectivity index (χ4v) is 2.16. The maximum Gasteiger partial charge on any atom is 0.147 e. The Bertz CT molecular complexity index is 355. The highest BCUT2D eigenvalue weighted by atomic mass is 16.5. The van der Waals surface area contributed by atoms with E-state index in [1.54, 1.807) is 12.4 Å². The fraction of sp³-hybridized carbons (Fsp3) is 0.667. The molecule has 2 heterocycles. The Morgan fingerprint density at radius 3 is 3.12 bits per heavy atom. The number of hydrogen-bond acceptors (Lipinski definition) is 5. The molecular weight excluding hydrogens is 216 g/mol. The van der Waals surface area contributed by atoms with Gasteiger partial charge in [0.05, 0.1) is 25.5 Å². The van der Waals surface area contributed by atoms with Gasteiger partial charge in [0.1, 0.15) is 5.82 Å². The van der Waals surface area contributed by atoms with E-state index in [1.165, 1.54) is 12.8 Å². The second kappa shape index (κ2) is 4.98. The maximum atomic E-state index is 5.56. The highest BCUT2D eigenvalue weighted by Crippen LogP contribution is 2.20. The van der Waals surface area contributed by atoms with Crippen LogP contribution in [0.2, 0.25) is 0 Å². The standard InChI is InChI=1S/C12H18N4O/c1-2-10(1)15-7-11-9-17-6-5-16(11)12-8-13-3-4-14-12/h3-4,8,10-11,15H,1-2,5-7,9H2. The largest absolute Gasteiger partial charge is 0.377 e. The zero-order valence-electron chi connectivity index (χ0n) is 9.88. The molecule has 1 aliphatic carbocycles. The number of hydrogen-bond donors (Lipinski definition) is 1. The van der Waals surface area contributed by atoms with Gasteiger partial charge in [-0.15, -0.1) is 0 Å². The first kappa shape index (κ1) is 10.9. The van der Waals surface area contributed by atoms with Crippen LogP contribution in [0.5, 0.6) is 0 Å². The van der Waals surface area contributed by atoms with Crippen LogP contribution in [0.15, 0.2) is 18.6 Å². The lowest BCUT2D eigenvalue weighted by molar-refractivity contribution is 0.0932. The minimum atomic E-state index is 0.376. The van der Waals surface area contributed by atoms with E-state index in [1.807, 2.05) is 6.20 Å². The predicted octanol–water partition coefficient (Wildman–Crippen LogP) is 0.434. The van der Waals surface area contributed by atoms with E-state index in [0.717, 1.165) is 38.2 Å². The Hall–Kier alpha value is -1.20. The lowest BCUT2D eigenvalue weighted by atomic mass is 10.2. The molecule has 1 saturated heterocycles. The summed E-state index contributed by atoms with van der Waals surface area (Å²) in [7, 11) is 0. The molecule has 2 fully saturated rings. The van der Waals surface area contributed by atoms with Crippen molar-refractivity contribution < 1.29 is 4.74 Å². The van der Waals surface area contributed by atoms with Crippen molar-refractivity contribution in [2.45, 2.75) is 24.9 Å². The lowest BCUT2D eigenvalue weighted by Crippen LogP contribution is -2.51. The first-order valence-electron chi connectivity index (χ1n) is 6.27. The van der Waals surface area contributed by atoms with Crippen LogP contribution in [-0.4, -0.2) is 48.4 Å². The summed E-state index contributed by atoms with van der Waals surface area (Å²) in [6.45, 7) is 3.42. The SMILES string of the molecule is c1cnc(N2CCOCC2CNC2CC2)cn1. The van der Waals surface area contributed by atoms with Crippen LogP contribution in [-0.2, 0) is 4.74 Å². The quantitative estimate of drug-likeness (QED) is 0.819. The summed E-state index contributed by atoms with van der Waals surface area (Å²) in [6.07, 6.45) is 7.92. The van der Waals surface area contributed by atoms with Gasteiger partial charge >= 0.3 is 0 Å². The van der Waals surface area contributed by atoms with E-state index < -0.39 is 0 Å². The van der Waals surface area contributed by atoms with Gasteiger partial charge < -0.3 is 15.0 Å². The lowest BCUT2D eigenvalue weighted by Gasteiger charge is -2.36. The van der Waals surface area contributed by atoms with Crippen LogP contribution in [0, 0.1) is 0 Å². The van der Waals surface area contributed by atoms with Crippen LogP contribution in [0.4, 0.5) is 5.82 Å². The molecule has 5 nitrogen and oxygen atoms in total. The van der Waals surface area contributed by atoms with Crippen molar-refractivity contribution in [3.05, 3.63) is 18.6 Å². The van der Waals surface area contributed by atoms with Crippen LogP contribution >= 0.6 is 0 Å². The van der Waals surface area contributed by atoms with E-state index >= 15 is 0 Å². The predicted molar refractivity (Wildman–Crippen MR) is 65.0 cm³/mol. The molecule has 2 aliphatic rings. The minimum absolute atomic E-state index is 0.376. The van der Waals surface area contributed by atoms with Crippen molar-refractivity contribution in [2.75, 3.05) is 31.2 Å². The normalized spacial score (nSPS) is 24.9. The molecule has 3 rings (SSSR count). The summed E-state index contributed by atoms with van der Waals surface area (Å²) < 4.78 is 5.56. The molecule has 1 atom stereocenters. The number of aromatic nitrogens is 2. The third-order valence-corrected chi connectivity index (χ3v) is 3.29. The molecule has 0 spiro atoms. The summed E-state index contributed by atoms with van der Waals surface area (Å²) in [5.74, 6) is 0.957. The summed E-state index contributed by atoms with van der Waals surface area (Å²) in [5, 5.41) is 3.56. The number of nitrogens with zero attached hydrogens (tertiary/aromatic N) is 3. The number of ether oxygens (including phenoxy) is 1. The molecule has 92 valence electrons. The van der Waals surface area contributed by atoms with E-state index in [0.29, 0.717) is 6.04 Å². The molecule has 0 bridgehead atoms. The monoisotopic (exact) mass is 234 g/mol. The first-order valence-corrected chi connectivity index (χ1v) is 6.27. The van der Waals surface area contributed by atoms with E-state index in [-0.39, 0.29) is 0 Å². The summed E-state index contributed by atoms with van der Waals surface area (Å²) in [4.78, 5) is 10.8. The average Bonchev–Trinajstić information content (AvgIpc) is 3.22. The number of anilines is 1. The minimum Gasteiger partial charge on any atom is -0.377 e. The second-order valence-electron chi connectivity index (χ2n) is 4.67. The molecule has 1 unspecified atom stereocenters. The molecule has 0 radical (unpaired) electrons. The Kier molecular flexibility index (Phi) is 3.20. The fourth-order valence-electron chi connectivity index (χ4n) is 2.16. The van der Waals surface area contributed by atoms with Gasteiger partial charge in [0.15, 0.2) is 0 Å². The first-order chi connectivity index (χ1) is 8.43. The molecule has 1 saturated carbocycles. The van der Waals surface area contributed by atoms with Gasteiger partial charge in [-0.25, -0.2) is 4.98 Å². The Morgan fingerprint density at radius 1 is 1.41 bits per heavy atom. The van der Waals surface area contributed by atoms with Crippen LogP contribution in [0.1, 0.15) is 12.8 Å². The van der Waals surface area contributed by atoms with Crippen LogP contribution in [0.25, 0.3) is 0 Å². The van der Waals surface area contributed by atoms with Crippen molar-refractivity contribution in [3.63, 3.8) is 0 Å². The van der Waals surface area contributed by atoms with Gasteiger partial charge in [-0.3, -0.25) is 4.98 Å². The summed E-state index contributed by atoms with van der Waals surface area (Å²) >= 11 is 0. The molecule has 1 aliphatic heterocycles. The Balaban J connectivity index is 1.66. The van der Waals surface area contributed by atoms with Gasteiger partial charge in [-0.1, -0.05) is 0 Å². The van der Waals surface area contributed by atoms with Crippen LogP contribution < -0.4 is 10.2 Å². The zero-order chi connectivity index (χ0) is 11.5. The molecule has 5 heteroatoms. The van der Waals surface area contributed by atoms with Gasteiger partial charge in [0.25, 0.3) is 0 Å². The van der Waals surface area contributed by atoms with E-state index in [2.05, 4.69) is 20.2 Å². The highest BCUT2D eigenvalue weighted by Gasteiger charge is 2.27. The van der Waals surface area contributed by atoms with Crippen molar-refractivity contribution in [3.8, 4) is 0 Å². The van der Waals surface area contributed by atoms with Crippen LogP contribution in [0.3, 0.4) is 0 Å². The number of rotatable bonds is 4. The van der Waals surface area contributed by atoms with Crippen molar-refractivity contribution in [1.82, 2.24) is 15.3 Å². The second-order valence-corrected chi connectivity index (χ2v) is 4.67. The molecule has 0 aromatic carbocycles. The Labute approximate surface area is 101 Å². The summed E-state index contributed by atoms with van der Waals surface area (Å²) in [5.41, 5.74) is 0. The van der Waals surface area contributed by atoms with Crippen molar-refractivity contribution in [2.24, 2.45) is 0 Å². The highest BCUT2D eigenvalue weighted by molar-refractivity contribution is 5.37. The third-order valence-electron chi connectivity index (χ3n) is 3.29. The molecular formula is C12H18N4O. The number of nitrogens with one attached hydrogen (secondary N) is 1. The molecule has 17 heavy (non-hydrogen) atoms. The van der Waals surface area contributed by atoms with Crippen molar-refractivity contribution >= 4 is 5.82 Å². The zero-order valence-corrected chi connectivity index (χ0v) is 9.88. The Morgan fingerprint density at radius 2 is 2.35 bits per heavy atom. The summed E-state index contributed by atoms with van der Waals surface area (Å²) in [6, 6.07) is 1.11. The smallest absolute Gasteiger partial charge is 0.147 e. The van der Waals surface area contributed by atoms with E-state index in [9.17, 15) is 0 Å². The number of morpholine rings is 1. The maximum absolute atomic E-state index is 5.56. The van der Waals surface area contributed by atoms with E-state index in [4.69, 9.17) is 4.74 Å². The van der Waals surface area contributed by atoms with Crippen molar-refractivity contribution in [1.29, 1.82) is 0 Å². The molecule has 1 aromatic rings. The van der Waals surface area contributed by atoms with Gasteiger partial charge in [-0.05, 0) is 12.8 Å². The topological polar surface area (TPSA) is 50.3 Å². The average molecular weight is 234 g/mol. The third kappa shape index (κ3) is 2.73. The van der Waals surface area contributed by atoms with Gasteiger partial charge in [0.2, 0.25) is 0 Å².